The Morgan fingerprint density at radius 2 is 1.69 bits per heavy atom. The standard InChI is InChI=1S/C27H29ClN4O6S/c1-3-29-27(34)25(16-20-10-5-4-6-11-20)30(18-21-12-7-8-15-24(21)28)26(33)19-31(39(2,37)38)22-13-9-14-23(17-22)32(35)36/h4-15,17,25H,3,16,18-19H2,1-2H3,(H,29,34)/t25-/m1/s1. The molecule has 10 nitrogen and oxygen atoms in total. The zero-order valence-electron chi connectivity index (χ0n) is 21.5. The molecule has 3 aromatic rings. The molecule has 0 heterocycles. The number of anilines is 1. The summed E-state index contributed by atoms with van der Waals surface area (Å²) in [7, 11) is -4.05. The summed E-state index contributed by atoms with van der Waals surface area (Å²) in [5.74, 6) is -1.10. The van der Waals surface area contributed by atoms with Gasteiger partial charge in [0.25, 0.3) is 5.69 Å². The predicted molar refractivity (Wildman–Crippen MR) is 150 cm³/mol. The summed E-state index contributed by atoms with van der Waals surface area (Å²) >= 11 is 6.39. The minimum atomic E-state index is -4.05. The molecule has 3 rings (SSSR count). The van der Waals surface area contributed by atoms with Gasteiger partial charge >= 0.3 is 0 Å². The highest BCUT2D eigenvalue weighted by Gasteiger charge is 2.33. The molecular formula is C27H29ClN4O6S. The van der Waals surface area contributed by atoms with Gasteiger partial charge in [0.1, 0.15) is 12.6 Å². The van der Waals surface area contributed by atoms with E-state index in [-0.39, 0.29) is 24.3 Å². The van der Waals surface area contributed by atoms with Crippen LogP contribution >= 0.6 is 11.6 Å². The summed E-state index contributed by atoms with van der Waals surface area (Å²) in [6.07, 6.45) is 1.07. The molecule has 0 aromatic heterocycles. The van der Waals surface area contributed by atoms with Gasteiger partial charge in [-0.3, -0.25) is 24.0 Å². The molecule has 1 N–H and O–H groups in total. The van der Waals surface area contributed by atoms with E-state index < -0.39 is 39.3 Å². The van der Waals surface area contributed by atoms with Gasteiger partial charge in [-0.25, -0.2) is 8.42 Å². The lowest BCUT2D eigenvalue weighted by Crippen LogP contribution is -2.53. The molecule has 206 valence electrons. The second-order valence-electron chi connectivity index (χ2n) is 8.76. The monoisotopic (exact) mass is 572 g/mol. The minimum absolute atomic E-state index is 0.0460. The van der Waals surface area contributed by atoms with Gasteiger partial charge in [-0.05, 0) is 30.2 Å². The average Bonchev–Trinajstić information content (AvgIpc) is 2.90. The molecule has 0 unspecified atom stereocenters. The number of carbonyl (C=O) groups excluding carboxylic acids is 2. The third-order valence-electron chi connectivity index (χ3n) is 5.93. The summed E-state index contributed by atoms with van der Waals surface area (Å²) in [5, 5.41) is 14.4. The quantitative estimate of drug-likeness (QED) is 0.260. The summed E-state index contributed by atoms with van der Waals surface area (Å²) in [6, 6.07) is 20.0. The van der Waals surface area contributed by atoms with Crippen molar-refractivity contribution in [2.24, 2.45) is 0 Å². The molecule has 0 aliphatic heterocycles. The topological polar surface area (TPSA) is 130 Å². The fraction of sp³-hybridized carbons (Fsp3) is 0.259. The van der Waals surface area contributed by atoms with E-state index in [1.165, 1.54) is 23.1 Å². The number of nitrogens with one attached hydrogen (secondary N) is 1. The number of likely N-dealkylation sites (N-methyl/N-ethyl adjacent to an activating group) is 1. The fourth-order valence-corrected chi connectivity index (χ4v) is 5.07. The zero-order valence-corrected chi connectivity index (χ0v) is 23.1. The lowest BCUT2D eigenvalue weighted by Gasteiger charge is -2.33. The van der Waals surface area contributed by atoms with Crippen LogP contribution in [0.5, 0.6) is 0 Å². The lowest BCUT2D eigenvalue weighted by molar-refractivity contribution is -0.384. The Morgan fingerprint density at radius 1 is 1.03 bits per heavy atom. The first-order chi connectivity index (χ1) is 18.5. The van der Waals surface area contributed by atoms with Gasteiger partial charge in [0.2, 0.25) is 21.8 Å². The fourth-order valence-electron chi connectivity index (χ4n) is 4.03. The molecule has 0 saturated carbocycles. The molecule has 0 bridgehead atoms. The van der Waals surface area contributed by atoms with E-state index >= 15 is 0 Å². The summed E-state index contributed by atoms with van der Waals surface area (Å²) < 4.78 is 26.3. The Balaban J connectivity index is 2.07. The molecule has 3 aromatic carbocycles. The van der Waals surface area contributed by atoms with Gasteiger partial charge in [0.05, 0.1) is 16.9 Å². The smallest absolute Gasteiger partial charge is 0.271 e. The largest absolute Gasteiger partial charge is 0.355 e. The van der Waals surface area contributed by atoms with Crippen LogP contribution in [0.2, 0.25) is 5.02 Å². The number of amides is 2. The van der Waals surface area contributed by atoms with Gasteiger partial charge in [-0.2, -0.15) is 0 Å². The van der Waals surface area contributed by atoms with Crippen LogP contribution in [0.4, 0.5) is 11.4 Å². The molecular weight excluding hydrogens is 544 g/mol. The summed E-state index contributed by atoms with van der Waals surface area (Å²) in [6.45, 7) is 1.32. The number of nitro benzene ring substituents is 1. The maximum atomic E-state index is 13.9. The Kier molecular flexibility index (Phi) is 10.0. The first kappa shape index (κ1) is 29.6. The van der Waals surface area contributed by atoms with Gasteiger partial charge in [0.15, 0.2) is 0 Å². The number of sulfonamides is 1. The molecule has 0 spiro atoms. The number of carbonyl (C=O) groups is 2. The van der Waals surface area contributed by atoms with Crippen molar-refractivity contribution in [2.75, 3.05) is 23.7 Å². The first-order valence-electron chi connectivity index (χ1n) is 12.1. The Labute approximate surface area is 232 Å². The van der Waals surface area contributed by atoms with Crippen LogP contribution in [0.1, 0.15) is 18.1 Å². The van der Waals surface area contributed by atoms with Crippen LogP contribution in [0.15, 0.2) is 78.9 Å². The normalized spacial score (nSPS) is 11.9. The number of hydrogen-bond donors (Lipinski definition) is 1. The second-order valence-corrected chi connectivity index (χ2v) is 11.1. The number of non-ortho nitro benzene ring substituents is 1. The van der Waals surface area contributed by atoms with Crippen LogP contribution in [-0.2, 0) is 32.6 Å². The van der Waals surface area contributed by atoms with E-state index in [2.05, 4.69) is 5.32 Å². The van der Waals surface area contributed by atoms with Crippen LogP contribution in [0.25, 0.3) is 0 Å². The third-order valence-corrected chi connectivity index (χ3v) is 7.44. The number of nitro groups is 1. The number of nitrogens with zero attached hydrogens (tertiary/aromatic N) is 3. The molecule has 0 saturated heterocycles. The van der Waals surface area contributed by atoms with Gasteiger partial charge in [-0.15, -0.1) is 0 Å². The Hall–Kier alpha value is -3.96. The van der Waals surface area contributed by atoms with Crippen molar-refractivity contribution in [3.05, 3.63) is 105 Å². The van der Waals surface area contributed by atoms with Crippen LogP contribution in [0, 0.1) is 10.1 Å². The van der Waals surface area contributed by atoms with Gasteiger partial charge in [0, 0.05) is 36.7 Å². The molecule has 12 heteroatoms. The number of rotatable bonds is 12. The van der Waals surface area contributed by atoms with Crippen molar-refractivity contribution in [1.29, 1.82) is 0 Å². The molecule has 0 radical (unpaired) electrons. The van der Waals surface area contributed by atoms with E-state index in [0.717, 1.165) is 22.2 Å². The van der Waals surface area contributed by atoms with Crippen molar-refractivity contribution in [3.8, 4) is 0 Å². The number of benzene rings is 3. The minimum Gasteiger partial charge on any atom is -0.355 e. The summed E-state index contributed by atoms with van der Waals surface area (Å²) in [5.41, 5.74) is 0.988. The van der Waals surface area contributed by atoms with Crippen LogP contribution in [0.3, 0.4) is 0 Å². The highest BCUT2D eigenvalue weighted by Crippen LogP contribution is 2.25. The highest BCUT2D eigenvalue weighted by atomic mass is 35.5. The average molecular weight is 573 g/mol. The number of hydrogen-bond acceptors (Lipinski definition) is 6. The third kappa shape index (κ3) is 8.01. The second kappa shape index (κ2) is 13.2. The predicted octanol–water partition coefficient (Wildman–Crippen LogP) is 3.79. The Morgan fingerprint density at radius 3 is 2.31 bits per heavy atom. The van der Waals surface area contributed by atoms with Crippen molar-refractivity contribution < 1.29 is 22.9 Å². The van der Waals surface area contributed by atoms with Crippen molar-refractivity contribution in [3.63, 3.8) is 0 Å². The van der Waals surface area contributed by atoms with Crippen LogP contribution < -0.4 is 9.62 Å². The van der Waals surface area contributed by atoms with E-state index in [1.54, 1.807) is 31.2 Å². The maximum Gasteiger partial charge on any atom is 0.271 e. The molecule has 39 heavy (non-hydrogen) atoms. The van der Waals surface area contributed by atoms with Gasteiger partial charge in [-0.1, -0.05) is 66.2 Å². The highest BCUT2D eigenvalue weighted by molar-refractivity contribution is 7.92. The molecule has 1 atom stereocenters. The van der Waals surface area contributed by atoms with E-state index in [9.17, 15) is 28.1 Å². The maximum absolute atomic E-state index is 13.9. The summed E-state index contributed by atoms with van der Waals surface area (Å²) in [4.78, 5) is 39.2. The van der Waals surface area contributed by atoms with Crippen molar-refractivity contribution in [2.45, 2.75) is 25.9 Å². The number of halogens is 1. The molecule has 0 fully saturated rings. The Bertz CT molecular complexity index is 1430. The first-order valence-corrected chi connectivity index (χ1v) is 14.3. The zero-order chi connectivity index (χ0) is 28.6. The SMILES string of the molecule is CCNC(=O)[C@@H](Cc1ccccc1)N(Cc1ccccc1Cl)C(=O)CN(c1cccc([N+](=O)[O-])c1)S(C)(=O)=O. The molecule has 0 aliphatic rings. The lowest BCUT2D eigenvalue weighted by atomic mass is 10.0. The van der Waals surface area contributed by atoms with Crippen molar-refractivity contribution >= 4 is 44.8 Å². The van der Waals surface area contributed by atoms with E-state index in [1.807, 2.05) is 30.3 Å². The van der Waals surface area contributed by atoms with E-state index in [0.29, 0.717) is 17.1 Å². The van der Waals surface area contributed by atoms with Crippen LogP contribution in [-0.4, -0.2) is 55.4 Å². The van der Waals surface area contributed by atoms with Crippen molar-refractivity contribution in [1.82, 2.24) is 10.2 Å². The molecule has 2 amide bonds. The van der Waals surface area contributed by atoms with Gasteiger partial charge < -0.3 is 10.2 Å². The van der Waals surface area contributed by atoms with E-state index in [4.69, 9.17) is 11.6 Å². The molecule has 0 aliphatic carbocycles.